The highest BCUT2D eigenvalue weighted by Crippen LogP contribution is 2.14. The molecule has 2 aromatic carbocycles. The second-order valence-corrected chi connectivity index (χ2v) is 5.04. The van der Waals surface area contributed by atoms with E-state index in [0.29, 0.717) is 0 Å². The zero-order chi connectivity index (χ0) is 13.8. The summed E-state index contributed by atoms with van der Waals surface area (Å²) in [6, 6.07) is 19.8. The molecule has 20 heavy (non-hydrogen) atoms. The van der Waals surface area contributed by atoms with Gasteiger partial charge in [-0.1, -0.05) is 60.7 Å². The Hall–Kier alpha value is -1.97. The van der Waals surface area contributed by atoms with Crippen LogP contribution in [0.4, 0.5) is 0 Å². The summed E-state index contributed by atoms with van der Waals surface area (Å²) in [5.74, 6) is 0.152. The first kappa shape index (κ1) is 13.0. The van der Waals surface area contributed by atoms with Crippen LogP contribution in [0.2, 0.25) is 0 Å². The van der Waals surface area contributed by atoms with Crippen LogP contribution >= 0.6 is 0 Å². The van der Waals surface area contributed by atoms with E-state index >= 15 is 0 Å². The molecule has 3 heteroatoms. The zero-order valence-corrected chi connectivity index (χ0v) is 11.3. The highest BCUT2D eigenvalue weighted by molar-refractivity contribution is 5.99. The van der Waals surface area contributed by atoms with Gasteiger partial charge in [0.15, 0.2) is 5.78 Å². The van der Waals surface area contributed by atoms with E-state index in [1.54, 1.807) is 0 Å². The van der Waals surface area contributed by atoms with Gasteiger partial charge >= 0.3 is 0 Å². The van der Waals surface area contributed by atoms with Gasteiger partial charge in [0.2, 0.25) is 0 Å². The molecule has 1 aliphatic heterocycles. The van der Waals surface area contributed by atoms with Gasteiger partial charge in [-0.15, -0.1) is 0 Å². The van der Waals surface area contributed by atoms with E-state index < -0.39 is 0 Å². The summed E-state index contributed by atoms with van der Waals surface area (Å²) in [6.45, 7) is 2.56. The molecular weight excluding hydrogens is 248 g/mol. The van der Waals surface area contributed by atoms with E-state index in [-0.39, 0.29) is 11.9 Å². The van der Waals surface area contributed by atoms with Gasteiger partial charge in [0, 0.05) is 25.2 Å². The molecule has 0 aliphatic carbocycles. The summed E-state index contributed by atoms with van der Waals surface area (Å²) in [6.07, 6.45) is -0.211. The molecule has 0 saturated carbocycles. The third-order valence-corrected chi connectivity index (χ3v) is 3.64. The van der Waals surface area contributed by atoms with Crippen molar-refractivity contribution < 1.29 is 4.79 Å². The fourth-order valence-corrected chi connectivity index (χ4v) is 2.61. The van der Waals surface area contributed by atoms with Crippen molar-refractivity contribution in [3.05, 3.63) is 71.8 Å². The number of rotatable bonds is 4. The minimum Gasteiger partial charge on any atom is -0.294 e. The number of hydrogen-bond donors (Lipinski definition) is 1. The maximum Gasteiger partial charge on any atom is 0.194 e. The summed E-state index contributed by atoms with van der Waals surface area (Å²) < 4.78 is 0. The Bertz CT molecular complexity index is 568. The summed E-state index contributed by atoms with van der Waals surface area (Å²) in [5.41, 5.74) is 2.01. The molecule has 0 radical (unpaired) electrons. The highest BCUT2D eigenvalue weighted by Gasteiger charge is 2.30. The standard InChI is InChI=1S/C17H18N2O/c20-16(15-9-5-2-6-10-15)17-18-11-12-19(17)13-14-7-3-1-4-8-14/h1-10,17-18H,11-13H2. The van der Waals surface area contributed by atoms with Crippen LogP contribution in [0.1, 0.15) is 15.9 Å². The molecule has 1 heterocycles. The molecule has 1 atom stereocenters. The molecule has 102 valence electrons. The molecule has 3 nitrogen and oxygen atoms in total. The number of benzene rings is 2. The van der Waals surface area contributed by atoms with Gasteiger partial charge in [0.05, 0.1) is 0 Å². The normalized spacial score (nSPS) is 19.1. The van der Waals surface area contributed by atoms with Crippen LogP contribution in [-0.4, -0.2) is 29.9 Å². The smallest absolute Gasteiger partial charge is 0.194 e. The molecule has 0 bridgehead atoms. The van der Waals surface area contributed by atoms with Crippen molar-refractivity contribution in [3.8, 4) is 0 Å². The number of nitrogens with one attached hydrogen (secondary N) is 1. The van der Waals surface area contributed by atoms with E-state index in [4.69, 9.17) is 0 Å². The van der Waals surface area contributed by atoms with Crippen LogP contribution in [-0.2, 0) is 6.54 Å². The largest absolute Gasteiger partial charge is 0.294 e. The zero-order valence-electron chi connectivity index (χ0n) is 11.3. The Labute approximate surface area is 119 Å². The van der Waals surface area contributed by atoms with Crippen LogP contribution in [0, 0.1) is 0 Å². The maximum atomic E-state index is 12.5. The van der Waals surface area contributed by atoms with E-state index in [1.165, 1.54) is 5.56 Å². The third-order valence-electron chi connectivity index (χ3n) is 3.64. The molecule has 2 aromatic rings. The van der Waals surface area contributed by atoms with Gasteiger partial charge in [0.25, 0.3) is 0 Å². The maximum absolute atomic E-state index is 12.5. The van der Waals surface area contributed by atoms with Crippen molar-refractivity contribution in [2.75, 3.05) is 13.1 Å². The second kappa shape index (κ2) is 5.99. The van der Waals surface area contributed by atoms with Crippen LogP contribution in [0.5, 0.6) is 0 Å². The molecule has 0 aromatic heterocycles. The number of nitrogens with zero attached hydrogens (tertiary/aromatic N) is 1. The van der Waals surface area contributed by atoms with Crippen molar-refractivity contribution >= 4 is 5.78 Å². The van der Waals surface area contributed by atoms with Gasteiger partial charge in [0.1, 0.15) is 6.17 Å². The van der Waals surface area contributed by atoms with E-state index in [0.717, 1.165) is 25.2 Å². The quantitative estimate of drug-likeness (QED) is 0.862. The molecule has 1 N–H and O–H groups in total. The van der Waals surface area contributed by atoms with Gasteiger partial charge in [-0.3, -0.25) is 15.0 Å². The van der Waals surface area contributed by atoms with Gasteiger partial charge in [-0.25, -0.2) is 0 Å². The van der Waals surface area contributed by atoms with Crippen LogP contribution < -0.4 is 5.32 Å². The lowest BCUT2D eigenvalue weighted by molar-refractivity contribution is 0.0843. The van der Waals surface area contributed by atoms with Gasteiger partial charge < -0.3 is 0 Å². The number of Topliss-reactive ketones (excluding diaryl/α,β-unsaturated/α-hetero) is 1. The Kier molecular flexibility index (Phi) is 3.90. The van der Waals surface area contributed by atoms with Crippen LogP contribution in [0.3, 0.4) is 0 Å². The number of hydrogen-bond acceptors (Lipinski definition) is 3. The molecule has 1 aliphatic rings. The highest BCUT2D eigenvalue weighted by atomic mass is 16.1. The topological polar surface area (TPSA) is 32.3 Å². The minimum absolute atomic E-state index is 0.152. The van der Waals surface area contributed by atoms with E-state index in [2.05, 4.69) is 22.3 Å². The lowest BCUT2D eigenvalue weighted by Crippen LogP contribution is -2.42. The first-order valence-electron chi connectivity index (χ1n) is 6.95. The molecule has 1 unspecified atom stereocenters. The summed E-state index contributed by atoms with van der Waals surface area (Å²) >= 11 is 0. The van der Waals surface area contributed by atoms with Crippen LogP contribution in [0.25, 0.3) is 0 Å². The monoisotopic (exact) mass is 266 g/mol. The molecule has 3 rings (SSSR count). The van der Waals surface area contributed by atoms with Crippen molar-refractivity contribution in [1.29, 1.82) is 0 Å². The number of carbonyl (C=O) groups excluding carboxylic acids is 1. The fraction of sp³-hybridized carbons (Fsp3) is 0.235. The average Bonchev–Trinajstić information content (AvgIpc) is 2.96. The van der Waals surface area contributed by atoms with E-state index in [9.17, 15) is 4.79 Å². The molecule has 1 saturated heterocycles. The minimum atomic E-state index is -0.211. The third kappa shape index (κ3) is 2.79. The Morgan fingerprint density at radius 3 is 2.40 bits per heavy atom. The number of carbonyl (C=O) groups is 1. The Balaban J connectivity index is 1.74. The SMILES string of the molecule is O=C(c1ccccc1)C1NCCN1Cc1ccccc1. The van der Waals surface area contributed by atoms with E-state index in [1.807, 2.05) is 48.5 Å². The molecular formula is C17H18N2O. The Morgan fingerprint density at radius 2 is 1.70 bits per heavy atom. The summed E-state index contributed by atoms with van der Waals surface area (Å²) in [4.78, 5) is 14.7. The second-order valence-electron chi connectivity index (χ2n) is 5.04. The lowest BCUT2D eigenvalue weighted by atomic mass is 10.1. The van der Waals surface area contributed by atoms with Crippen molar-refractivity contribution in [1.82, 2.24) is 10.2 Å². The first-order valence-corrected chi connectivity index (χ1v) is 6.95. The fourth-order valence-electron chi connectivity index (χ4n) is 2.61. The molecule has 1 fully saturated rings. The lowest BCUT2D eigenvalue weighted by Gasteiger charge is -2.23. The van der Waals surface area contributed by atoms with Gasteiger partial charge in [-0.05, 0) is 5.56 Å². The summed E-state index contributed by atoms with van der Waals surface area (Å²) in [7, 11) is 0. The molecule has 0 amide bonds. The van der Waals surface area contributed by atoms with Crippen molar-refractivity contribution in [3.63, 3.8) is 0 Å². The van der Waals surface area contributed by atoms with Crippen LogP contribution in [0.15, 0.2) is 60.7 Å². The number of ketones is 1. The predicted molar refractivity (Wildman–Crippen MR) is 79.4 cm³/mol. The average molecular weight is 266 g/mol. The summed E-state index contributed by atoms with van der Waals surface area (Å²) in [5, 5.41) is 3.30. The first-order chi connectivity index (χ1) is 9.84. The predicted octanol–water partition coefficient (Wildman–Crippen LogP) is 2.30. The van der Waals surface area contributed by atoms with Crippen molar-refractivity contribution in [2.24, 2.45) is 0 Å². The Morgan fingerprint density at radius 1 is 1.05 bits per heavy atom. The molecule has 0 spiro atoms. The van der Waals surface area contributed by atoms with Crippen molar-refractivity contribution in [2.45, 2.75) is 12.7 Å². The van der Waals surface area contributed by atoms with Gasteiger partial charge in [-0.2, -0.15) is 0 Å².